The van der Waals surface area contributed by atoms with E-state index in [0.29, 0.717) is 27.8 Å². The fourth-order valence-corrected chi connectivity index (χ4v) is 3.21. The van der Waals surface area contributed by atoms with Crippen molar-refractivity contribution in [3.63, 3.8) is 0 Å². The highest BCUT2D eigenvalue weighted by Gasteiger charge is 2.31. The molecule has 0 aromatic heterocycles. The van der Waals surface area contributed by atoms with Gasteiger partial charge in [0.05, 0.1) is 5.56 Å². The van der Waals surface area contributed by atoms with Gasteiger partial charge in [0.15, 0.2) is 5.78 Å². The molecule has 27 heavy (non-hydrogen) atoms. The van der Waals surface area contributed by atoms with Crippen LogP contribution in [0, 0.1) is 0 Å². The van der Waals surface area contributed by atoms with Gasteiger partial charge in [0.25, 0.3) is 5.91 Å². The summed E-state index contributed by atoms with van der Waals surface area (Å²) >= 11 is 0. The Hall–Kier alpha value is -3.41. The van der Waals surface area contributed by atoms with Gasteiger partial charge in [0.2, 0.25) is 0 Å². The summed E-state index contributed by atoms with van der Waals surface area (Å²) in [5.74, 6) is -0.638. The first kappa shape index (κ1) is 17.0. The molecular formula is C21H12F3NO2. The van der Waals surface area contributed by atoms with Crippen molar-refractivity contribution in [1.29, 1.82) is 0 Å². The normalized spacial score (nSPS) is 12.5. The van der Waals surface area contributed by atoms with Crippen LogP contribution in [0.2, 0.25) is 0 Å². The van der Waals surface area contributed by atoms with E-state index < -0.39 is 17.6 Å². The third-order valence-electron chi connectivity index (χ3n) is 4.46. The van der Waals surface area contributed by atoms with Crippen LogP contribution in [0.5, 0.6) is 0 Å². The molecule has 3 nitrogen and oxygen atoms in total. The molecule has 0 radical (unpaired) electrons. The second-order valence-corrected chi connectivity index (χ2v) is 6.13. The molecular weight excluding hydrogens is 355 g/mol. The highest BCUT2D eigenvalue weighted by atomic mass is 19.4. The second kappa shape index (κ2) is 6.09. The summed E-state index contributed by atoms with van der Waals surface area (Å²) in [7, 11) is 0. The predicted molar refractivity (Wildman–Crippen MR) is 94.7 cm³/mol. The van der Waals surface area contributed by atoms with Crippen LogP contribution in [0.1, 0.15) is 31.8 Å². The Morgan fingerprint density at radius 3 is 2.07 bits per heavy atom. The number of amides is 1. The fourth-order valence-electron chi connectivity index (χ4n) is 3.21. The molecule has 0 saturated carbocycles. The molecule has 134 valence electrons. The largest absolute Gasteiger partial charge is 0.416 e. The molecule has 4 rings (SSSR count). The number of rotatable bonds is 2. The zero-order valence-corrected chi connectivity index (χ0v) is 13.8. The van der Waals surface area contributed by atoms with Crippen molar-refractivity contribution >= 4 is 17.4 Å². The van der Waals surface area contributed by atoms with Gasteiger partial charge in [-0.3, -0.25) is 9.59 Å². The van der Waals surface area contributed by atoms with Crippen molar-refractivity contribution in [2.24, 2.45) is 0 Å². The van der Waals surface area contributed by atoms with Crippen molar-refractivity contribution in [3.8, 4) is 11.1 Å². The molecule has 0 unspecified atom stereocenters. The van der Waals surface area contributed by atoms with E-state index in [4.69, 9.17) is 0 Å². The van der Waals surface area contributed by atoms with E-state index in [2.05, 4.69) is 5.32 Å². The lowest BCUT2D eigenvalue weighted by atomic mass is 9.99. The number of hydrogen-bond donors (Lipinski definition) is 1. The molecule has 0 aliphatic heterocycles. The molecule has 3 aromatic carbocycles. The van der Waals surface area contributed by atoms with Crippen LogP contribution in [0.25, 0.3) is 11.1 Å². The number of ketones is 1. The van der Waals surface area contributed by atoms with E-state index in [1.807, 2.05) is 0 Å². The second-order valence-electron chi connectivity index (χ2n) is 6.13. The molecule has 3 aromatic rings. The Morgan fingerprint density at radius 2 is 1.41 bits per heavy atom. The molecule has 0 saturated heterocycles. The van der Waals surface area contributed by atoms with Crippen molar-refractivity contribution in [2.45, 2.75) is 6.18 Å². The highest BCUT2D eigenvalue weighted by Crippen LogP contribution is 2.39. The predicted octanol–water partition coefficient (Wildman–Crippen LogP) is 5.17. The van der Waals surface area contributed by atoms with E-state index in [0.717, 1.165) is 12.1 Å². The Bertz CT molecular complexity index is 1070. The lowest BCUT2D eigenvalue weighted by molar-refractivity contribution is -0.137. The Balaban J connectivity index is 1.68. The number of nitrogens with one attached hydrogen (secondary N) is 1. The van der Waals surface area contributed by atoms with E-state index in [1.165, 1.54) is 12.1 Å². The maximum atomic E-state index is 12.7. The molecule has 1 aliphatic rings. The first-order valence-electron chi connectivity index (χ1n) is 8.12. The summed E-state index contributed by atoms with van der Waals surface area (Å²) in [6.45, 7) is 0. The zero-order valence-electron chi connectivity index (χ0n) is 13.8. The van der Waals surface area contributed by atoms with Crippen molar-refractivity contribution in [1.82, 2.24) is 0 Å². The lowest BCUT2D eigenvalue weighted by Crippen LogP contribution is -2.14. The van der Waals surface area contributed by atoms with E-state index in [9.17, 15) is 22.8 Å². The van der Waals surface area contributed by atoms with Gasteiger partial charge >= 0.3 is 6.18 Å². The molecule has 0 heterocycles. The summed E-state index contributed by atoms with van der Waals surface area (Å²) in [5.41, 5.74) is 1.94. The molecule has 0 atom stereocenters. The Morgan fingerprint density at radius 1 is 0.778 bits per heavy atom. The van der Waals surface area contributed by atoms with Crippen LogP contribution < -0.4 is 5.32 Å². The third-order valence-corrected chi connectivity index (χ3v) is 4.46. The van der Waals surface area contributed by atoms with Gasteiger partial charge in [0.1, 0.15) is 0 Å². The minimum atomic E-state index is -4.44. The number of fused-ring (bicyclic) bond motifs is 3. The number of anilines is 1. The number of carbonyl (C=O) groups is 2. The highest BCUT2D eigenvalue weighted by molar-refractivity contribution is 6.25. The molecule has 1 N–H and O–H groups in total. The Kier molecular flexibility index (Phi) is 3.84. The number of benzene rings is 3. The number of hydrogen-bond acceptors (Lipinski definition) is 2. The number of alkyl halides is 3. The van der Waals surface area contributed by atoms with Gasteiger partial charge < -0.3 is 5.32 Å². The lowest BCUT2D eigenvalue weighted by Gasteiger charge is -2.11. The monoisotopic (exact) mass is 367 g/mol. The topological polar surface area (TPSA) is 46.2 Å². The number of halogens is 3. The summed E-state index contributed by atoms with van der Waals surface area (Å²) in [6, 6.07) is 16.1. The first-order valence-corrected chi connectivity index (χ1v) is 8.12. The van der Waals surface area contributed by atoms with Gasteiger partial charge in [-0.05, 0) is 35.9 Å². The van der Waals surface area contributed by atoms with Crippen LogP contribution >= 0.6 is 0 Å². The minimum Gasteiger partial charge on any atom is -0.322 e. The van der Waals surface area contributed by atoms with Gasteiger partial charge in [-0.25, -0.2) is 0 Å². The third kappa shape index (κ3) is 2.89. The van der Waals surface area contributed by atoms with E-state index >= 15 is 0 Å². The summed E-state index contributed by atoms with van der Waals surface area (Å²) in [6.07, 6.45) is -4.44. The average Bonchev–Trinajstić information content (AvgIpc) is 2.95. The average molecular weight is 367 g/mol. The molecule has 0 spiro atoms. The van der Waals surface area contributed by atoms with Gasteiger partial charge in [-0.1, -0.05) is 36.4 Å². The SMILES string of the molecule is O=C(Nc1ccc(C(F)(F)F)cc1)c1cccc2c1-c1ccccc1C2=O. The van der Waals surface area contributed by atoms with Crippen LogP contribution in [0.3, 0.4) is 0 Å². The standard InChI is InChI=1S/C21H12F3NO2/c22-21(23,24)12-8-10-13(11-9-12)25-20(27)17-7-3-6-16-18(17)14-4-1-2-5-15(14)19(16)26/h1-11H,(H,25,27). The summed E-state index contributed by atoms with van der Waals surface area (Å²) in [4.78, 5) is 25.2. The molecule has 6 heteroatoms. The van der Waals surface area contributed by atoms with Crippen LogP contribution in [-0.4, -0.2) is 11.7 Å². The maximum absolute atomic E-state index is 12.7. The minimum absolute atomic E-state index is 0.148. The van der Waals surface area contributed by atoms with Crippen LogP contribution in [0.4, 0.5) is 18.9 Å². The van der Waals surface area contributed by atoms with E-state index in [-0.39, 0.29) is 11.5 Å². The van der Waals surface area contributed by atoms with Crippen LogP contribution in [0.15, 0.2) is 66.7 Å². The van der Waals surface area contributed by atoms with Crippen molar-refractivity contribution < 1.29 is 22.8 Å². The molecule has 0 bridgehead atoms. The van der Waals surface area contributed by atoms with E-state index in [1.54, 1.807) is 42.5 Å². The molecule has 1 aliphatic carbocycles. The van der Waals surface area contributed by atoms with Gasteiger partial charge in [-0.15, -0.1) is 0 Å². The maximum Gasteiger partial charge on any atom is 0.416 e. The van der Waals surface area contributed by atoms with Gasteiger partial charge in [-0.2, -0.15) is 13.2 Å². The smallest absolute Gasteiger partial charge is 0.322 e. The van der Waals surface area contributed by atoms with Crippen molar-refractivity contribution in [3.05, 3.63) is 89.0 Å². The molecule has 1 amide bonds. The van der Waals surface area contributed by atoms with Crippen molar-refractivity contribution in [2.75, 3.05) is 5.32 Å². The zero-order chi connectivity index (χ0) is 19.2. The summed E-state index contributed by atoms with van der Waals surface area (Å²) < 4.78 is 38.0. The quantitative estimate of drug-likeness (QED) is 0.531. The van der Waals surface area contributed by atoms with Crippen LogP contribution in [-0.2, 0) is 6.18 Å². The fraction of sp³-hybridized carbons (Fsp3) is 0.0476. The first-order chi connectivity index (χ1) is 12.9. The van der Waals surface area contributed by atoms with Gasteiger partial charge in [0, 0.05) is 27.9 Å². The molecule has 0 fully saturated rings. The Labute approximate surface area is 152 Å². The number of carbonyl (C=O) groups excluding carboxylic acids is 2. The summed E-state index contributed by atoms with van der Waals surface area (Å²) in [5, 5.41) is 2.59.